The molecule has 0 bridgehead atoms. The smallest absolute Gasteiger partial charge is 0.417 e. The van der Waals surface area contributed by atoms with E-state index in [1.807, 2.05) is 32.3 Å². The number of rotatable bonds is 7. The second-order valence-electron chi connectivity index (χ2n) is 6.80. The molecule has 30 heavy (non-hydrogen) atoms. The minimum Gasteiger partial charge on any atom is -0.481 e. The summed E-state index contributed by atoms with van der Waals surface area (Å²) in [5, 5.41) is 11.7. The van der Waals surface area contributed by atoms with Gasteiger partial charge in [-0.15, -0.1) is 0 Å². The number of amides is 1. The number of nitrogens with one attached hydrogen (secondary N) is 1. The lowest BCUT2D eigenvalue weighted by Gasteiger charge is -2.16. The number of hydrogen-bond donors (Lipinski definition) is 2. The molecule has 0 saturated carbocycles. The molecule has 0 atom stereocenters. The van der Waals surface area contributed by atoms with Gasteiger partial charge in [0.25, 0.3) is 0 Å². The van der Waals surface area contributed by atoms with Crippen LogP contribution in [0.5, 0.6) is 5.75 Å². The lowest BCUT2D eigenvalue weighted by molar-refractivity contribution is -0.136. The molecule has 0 saturated heterocycles. The highest BCUT2D eigenvalue weighted by Crippen LogP contribution is 2.18. The number of carboxylic acids is 1. The van der Waals surface area contributed by atoms with Gasteiger partial charge in [0.1, 0.15) is 17.4 Å². The van der Waals surface area contributed by atoms with E-state index in [9.17, 15) is 9.59 Å². The fourth-order valence-corrected chi connectivity index (χ4v) is 2.82. The van der Waals surface area contributed by atoms with Crippen molar-refractivity contribution in [3.63, 3.8) is 0 Å². The number of hydrogen-bond acceptors (Lipinski definition) is 6. The molecule has 0 aliphatic rings. The second-order valence-corrected chi connectivity index (χ2v) is 6.80. The van der Waals surface area contributed by atoms with Crippen LogP contribution in [0.1, 0.15) is 17.0 Å². The van der Waals surface area contributed by atoms with Gasteiger partial charge in [-0.25, -0.2) is 14.8 Å². The van der Waals surface area contributed by atoms with Gasteiger partial charge in [-0.2, -0.15) is 0 Å². The molecular weight excluding hydrogens is 384 g/mol. The summed E-state index contributed by atoms with van der Waals surface area (Å²) in [6, 6.07) is 16.1. The standard InChI is InChI=1S/C22H22N4O4/c1-26(2)21-16(13-20(27)28)14-23-19(25-21)12-15-8-10-17(11-9-15)24-22(29)30-18-6-4-3-5-7-18/h3-11,14H,12-13H2,1-2H3,(H,24,29)(H,27,28). The highest BCUT2D eigenvalue weighted by Gasteiger charge is 2.13. The van der Waals surface area contributed by atoms with Crippen LogP contribution in [0, 0.1) is 0 Å². The summed E-state index contributed by atoms with van der Waals surface area (Å²) in [6.07, 6.45) is 1.33. The van der Waals surface area contributed by atoms with Crippen molar-refractivity contribution in [1.82, 2.24) is 9.97 Å². The summed E-state index contributed by atoms with van der Waals surface area (Å²) < 4.78 is 5.20. The van der Waals surface area contributed by atoms with E-state index >= 15 is 0 Å². The first kappa shape index (κ1) is 20.8. The van der Waals surface area contributed by atoms with Gasteiger partial charge in [0, 0.05) is 38.0 Å². The number of anilines is 2. The number of carbonyl (C=O) groups is 2. The molecule has 0 spiro atoms. The van der Waals surface area contributed by atoms with Crippen LogP contribution in [0.3, 0.4) is 0 Å². The Balaban J connectivity index is 1.64. The average molecular weight is 406 g/mol. The van der Waals surface area contributed by atoms with Gasteiger partial charge in [-0.1, -0.05) is 30.3 Å². The Labute approximate surface area is 174 Å². The third-order valence-electron chi connectivity index (χ3n) is 4.17. The van der Waals surface area contributed by atoms with Gasteiger partial charge in [-0.3, -0.25) is 10.1 Å². The molecule has 0 fully saturated rings. The largest absolute Gasteiger partial charge is 0.481 e. The first-order valence-electron chi connectivity index (χ1n) is 9.27. The zero-order valence-corrected chi connectivity index (χ0v) is 16.7. The summed E-state index contributed by atoms with van der Waals surface area (Å²) in [5.41, 5.74) is 2.12. The summed E-state index contributed by atoms with van der Waals surface area (Å²) in [6.45, 7) is 0. The molecule has 2 N–H and O–H groups in total. The Bertz CT molecular complexity index is 1020. The van der Waals surface area contributed by atoms with E-state index in [1.165, 1.54) is 0 Å². The van der Waals surface area contributed by atoms with Crippen LogP contribution in [0.15, 0.2) is 60.8 Å². The summed E-state index contributed by atoms with van der Waals surface area (Å²) >= 11 is 0. The zero-order valence-electron chi connectivity index (χ0n) is 16.7. The maximum absolute atomic E-state index is 12.0. The third kappa shape index (κ3) is 5.78. The molecule has 0 aliphatic heterocycles. The van der Waals surface area contributed by atoms with Crippen LogP contribution in [0.4, 0.5) is 16.3 Å². The topological polar surface area (TPSA) is 105 Å². The number of carboxylic acid groups (broad SMARTS) is 1. The molecule has 0 radical (unpaired) electrons. The predicted molar refractivity (Wildman–Crippen MR) is 113 cm³/mol. The molecule has 3 aromatic rings. The van der Waals surface area contributed by atoms with Crippen molar-refractivity contribution in [3.8, 4) is 5.75 Å². The first-order valence-corrected chi connectivity index (χ1v) is 9.27. The molecule has 1 heterocycles. The number of carbonyl (C=O) groups excluding carboxylic acids is 1. The van der Waals surface area contributed by atoms with Crippen LogP contribution in [-0.4, -0.2) is 41.2 Å². The van der Waals surface area contributed by atoms with Crippen LogP contribution in [-0.2, 0) is 17.6 Å². The number of ether oxygens (including phenoxy) is 1. The molecule has 2 aromatic carbocycles. The van der Waals surface area contributed by atoms with Crippen LogP contribution < -0.4 is 15.0 Å². The van der Waals surface area contributed by atoms with E-state index < -0.39 is 12.1 Å². The lowest BCUT2D eigenvalue weighted by Crippen LogP contribution is -2.17. The highest BCUT2D eigenvalue weighted by molar-refractivity contribution is 5.86. The van der Waals surface area contributed by atoms with Crippen LogP contribution in [0.2, 0.25) is 0 Å². The van der Waals surface area contributed by atoms with Crippen LogP contribution >= 0.6 is 0 Å². The highest BCUT2D eigenvalue weighted by atomic mass is 16.6. The van der Waals surface area contributed by atoms with Gasteiger partial charge >= 0.3 is 12.1 Å². The van der Waals surface area contributed by atoms with Gasteiger partial charge < -0.3 is 14.7 Å². The molecule has 8 heteroatoms. The maximum Gasteiger partial charge on any atom is 0.417 e. The SMILES string of the molecule is CN(C)c1nc(Cc2ccc(NC(=O)Oc3ccccc3)cc2)ncc1CC(=O)O. The molecule has 1 aromatic heterocycles. The fourth-order valence-electron chi connectivity index (χ4n) is 2.82. The van der Waals surface area contributed by atoms with E-state index in [1.54, 1.807) is 47.5 Å². The number of para-hydroxylation sites is 1. The number of aliphatic carboxylic acids is 1. The van der Waals surface area contributed by atoms with E-state index in [-0.39, 0.29) is 6.42 Å². The molecular formula is C22H22N4O4. The average Bonchev–Trinajstić information content (AvgIpc) is 2.71. The third-order valence-corrected chi connectivity index (χ3v) is 4.17. The fraction of sp³-hybridized carbons (Fsp3) is 0.182. The van der Waals surface area contributed by atoms with Gasteiger partial charge in [0.05, 0.1) is 6.42 Å². The van der Waals surface area contributed by atoms with Gasteiger partial charge in [0.15, 0.2) is 0 Å². The van der Waals surface area contributed by atoms with E-state index in [0.29, 0.717) is 35.1 Å². The van der Waals surface area contributed by atoms with Crippen molar-refractivity contribution in [2.45, 2.75) is 12.8 Å². The zero-order chi connectivity index (χ0) is 21.5. The van der Waals surface area contributed by atoms with Crippen molar-refractivity contribution < 1.29 is 19.4 Å². The number of benzene rings is 2. The summed E-state index contributed by atoms with van der Waals surface area (Å²) in [4.78, 5) is 33.6. The van der Waals surface area contributed by atoms with Crippen molar-refractivity contribution in [2.75, 3.05) is 24.3 Å². The van der Waals surface area contributed by atoms with Crippen molar-refractivity contribution in [3.05, 3.63) is 77.7 Å². The normalized spacial score (nSPS) is 10.3. The van der Waals surface area contributed by atoms with E-state index in [2.05, 4.69) is 15.3 Å². The Kier molecular flexibility index (Phi) is 6.59. The first-order chi connectivity index (χ1) is 14.4. The minimum absolute atomic E-state index is 0.132. The molecule has 3 rings (SSSR count). The Morgan fingerprint density at radius 3 is 2.40 bits per heavy atom. The summed E-state index contributed by atoms with van der Waals surface area (Å²) in [7, 11) is 3.62. The van der Waals surface area contributed by atoms with Crippen LogP contribution in [0.25, 0.3) is 0 Å². The minimum atomic E-state index is -0.927. The number of nitrogens with zero attached hydrogens (tertiary/aromatic N) is 3. The Morgan fingerprint density at radius 1 is 1.07 bits per heavy atom. The van der Waals surface area contributed by atoms with Crippen molar-refractivity contribution >= 4 is 23.6 Å². The maximum atomic E-state index is 12.0. The molecule has 154 valence electrons. The molecule has 1 amide bonds. The van der Waals surface area contributed by atoms with Crippen molar-refractivity contribution in [1.29, 1.82) is 0 Å². The lowest BCUT2D eigenvalue weighted by atomic mass is 10.1. The predicted octanol–water partition coefficient (Wildman–Crippen LogP) is 3.37. The van der Waals surface area contributed by atoms with Gasteiger partial charge in [0.2, 0.25) is 0 Å². The van der Waals surface area contributed by atoms with Gasteiger partial charge in [-0.05, 0) is 29.8 Å². The summed E-state index contributed by atoms with van der Waals surface area (Å²) in [5.74, 6) is 0.705. The van der Waals surface area contributed by atoms with E-state index in [4.69, 9.17) is 9.84 Å². The van der Waals surface area contributed by atoms with Crippen molar-refractivity contribution in [2.24, 2.45) is 0 Å². The molecule has 8 nitrogen and oxygen atoms in total. The molecule has 0 unspecified atom stereocenters. The molecule has 0 aliphatic carbocycles. The Hall–Kier alpha value is -3.94. The van der Waals surface area contributed by atoms with E-state index in [0.717, 1.165) is 5.56 Å². The second kappa shape index (κ2) is 9.51. The monoisotopic (exact) mass is 406 g/mol. The Morgan fingerprint density at radius 2 is 1.77 bits per heavy atom. The quantitative estimate of drug-likeness (QED) is 0.620. The number of aromatic nitrogens is 2.